The highest BCUT2D eigenvalue weighted by atomic mass is 28.4. The molecule has 0 aromatic heterocycles. The second kappa shape index (κ2) is 19.5. The summed E-state index contributed by atoms with van der Waals surface area (Å²) in [4.78, 5) is 12.5. The summed E-state index contributed by atoms with van der Waals surface area (Å²) in [6.07, 6.45) is 3.87. The highest BCUT2D eigenvalue weighted by Crippen LogP contribution is 2.49. The van der Waals surface area contributed by atoms with E-state index in [4.69, 9.17) is 27.5 Å². The number of rotatable bonds is 21. The van der Waals surface area contributed by atoms with Gasteiger partial charge in [0.2, 0.25) is 8.32 Å². The first-order valence-electron chi connectivity index (χ1n) is 20.6. The summed E-state index contributed by atoms with van der Waals surface area (Å²) in [5, 5.41) is 0. The van der Waals surface area contributed by atoms with Gasteiger partial charge in [0, 0.05) is 25.9 Å². The average molecular weight is 759 g/mol. The van der Waals surface area contributed by atoms with Gasteiger partial charge < -0.3 is 27.5 Å². The molecule has 0 bridgehead atoms. The fourth-order valence-electron chi connectivity index (χ4n) is 10.4. The Bertz CT molecular complexity index is 963. The van der Waals surface area contributed by atoms with E-state index in [9.17, 15) is 4.79 Å². The highest BCUT2D eigenvalue weighted by Gasteiger charge is 2.57. The third kappa shape index (κ3) is 10.2. The van der Waals surface area contributed by atoms with Crippen LogP contribution >= 0.6 is 0 Å². The van der Waals surface area contributed by atoms with E-state index < -0.39 is 30.6 Å². The summed E-state index contributed by atoms with van der Waals surface area (Å²) in [6.45, 7) is 38.1. The summed E-state index contributed by atoms with van der Waals surface area (Å²) >= 11 is 0. The van der Waals surface area contributed by atoms with Crippen LogP contribution < -0.4 is 0 Å². The third-order valence-electron chi connectivity index (χ3n) is 13.3. The molecule has 2 fully saturated rings. The van der Waals surface area contributed by atoms with Gasteiger partial charge in [-0.3, -0.25) is 4.79 Å². The van der Waals surface area contributed by atoms with E-state index in [1.165, 1.54) is 7.11 Å². The van der Waals surface area contributed by atoms with Gasteiger partial charge in [-0.15, -0.1) is 0 Å². The number of carbonyl (C=O) groups excluding carboxylic acids is 1. The first-order valence-corrected chi connectivity index (χ1v) is 27.5. The maximum Gasteiger partial charge on any atom is 0.305 e. The Morgan fingerprint density at radius 1 is 0.760 bits per heavy atom. The minimum Gasteiger partial charge on any atom is -0.469 e. The second-order valence-electron chi connectivity index (χ2n) is 17.9. The van der Waals surface area contributed by atoms with Crippen molar-refractivity contribution < 1.29 is 32.3 Å². The predicted octanol–water partition coefficient (Wildman–Crippen LogP) is 11.6. The lowest BCUT2D eigenvalue weighted by Crippen LogP contribution is -2.66. The van der Waals surface area contributed by atoms with Crippen molar-refractivity contribution in [3.8, 4) is 0 Å². The van der Waals surface area contributed by atoms with Crippen molar-refractivity contribution in [1.82, 2.24) is 0 Å². The lowest BCUT2D eigenvalue weighted by atomic mass is 9.81. The van der Waals surface area contributed by atoms with E-state index >= 15 is 0 Å². The van der Waals surface area contributed by atoms with Crippen LogP contribution in [0.1, 0.15) is 149 Å². The van der Waals surface area contributed by atoms with E-state index in [1.807, 2.05) is 0 Å². The Morgan fingerprint density at radius 2 is 1.26 bits per heavy atom. The molecule has 50 heavy (non-hydrogen) atoms. The molecule has 296 valence electrons. The normalized spacial score (nSPS) is 26.9. The van der Waals surface area contributed by atoms with Crippen LogP contribution in [-0.4, -0.2) is 80.8 Å². The van der Waals surface area contributed by atoms with E-state index in [1.54, 1.807) is 0 Å². The van der Waals surface area contributed by atoms with Crippen molar-refractivity contribution in [1.29, 1.82) is 0 Å². The molecule has 7 nitrogen and oxygen atoms in total. The molecule has 0 amide bonds. The SMILES string of the molecule is CC[Si](CC)(CC)O[C@H]1C[C@H]2O[C@H](CCCO[Si](C(C)C)(C(C)C)C(C)C)C[C@H](O[Si](C(C)C)(C(C)C)C(C)C)[C@H]2O[C@]1(C)CCC(=O)OC. The van der Waals surface area contributed by atoms with Crippen molar-refractivity contribution >= 4 is 30.9 Å². The van der Waals surface area contributed by atoms with Gasteiger partial charge in [0.05, 0.1) is 37.1 Å². The lowest BCUT2D eigenvalue weighted by Gasteiger charge is -2.56. The Kier molecular flexibility index (Phi) is 18.0. The zero-order chi connectivity index (χ0) is 38.2. The van der Waals surface area contributed by atoms with Gasteiger partial charge in [0.25, 0.3) is 0 Å². The van der Waals surface area contributed by atoms with Gasteiger partial charge in [-0.2, -0.15) is 0 Å². The number of ether oxygens (including phenoxy) is 3. The van der Waals surface area contributed by atoms with Gasteiger partial charge in [-0.05, 0) is 77.6 Å². The van der Waals surface area contributed by atoms with E-state index in [-0.39, 0.29) is 36.5 Å². The number of fused-ring (bicyclic) bond motifs is 1. The average Bonchev–Trinajstić information content (AvgIpc) is 3.04. The first kappa shape index (κ1) is 46.1. The quantitative estimate of drug-likeness (QED) is 0.0655. The molecule has 2 saturated heterocycles. The van der Waals surface area contributed by atoms with Crippen molar-refractivity contribution in [2.75, 3.05) is 13.7 Å². The molecule has 2 aliphatic heterocycles. The van der Waals surface area contributed by atoms with Gasteiger partial charge in [0.15, 0.2) is 16.6 Å². The molecule has 0 spiro atoms. The highest BCUT2D eigenvalue weighted by molar-refractivity contribution is 6.78. The van der Waals surface area contributed by atoms with Crippen LogP contribution in [0.4, 0.5) is 0 Å². The van der Waals surface area contributed by atoms with E-state index in [0.29, 0.717) is 46.1 Å². The molecule has 0 aromatic carbocycles. The Morgan fingerprint density at radius 3 is 1.70 bits per heavy atom. The summed E-state index contributed by atoms with van der Waals surface area (Å²) in [5.74, 6) is -0.207. The molecule has 0 unspecified atom stereocenters. The standard InChI is InChI=1S/C40H82O7Si3/c1-18-48(19-2,20-3)47-37-27-35-39(45-40(37,16)24-23-38(41)42-17)36(46-50(31(10)11,32(12)13)33(14)15)26-34(44-35)22-21-25-43-49(28(4)5,29(6)7)30(8)9/h28-37,39H,18-27H2,1-17H3/t34-,35-,36+,37+,39+,40-/m1/s1. The van der Waals surface area contributed by atoms with Crippen molar-refractivity contribution in [2.24, 2.45) is 0 Å². The number of hydrogen-bond donors (Lipinski definition) is 0. The molecule has 0 N–H and O–H groups in total. The molecule has 0 saturated carbocycles. The maximum absolute atomic E-state index is 12.5. The molecule has 2 aliphatic rings. The minimum atomic E-state index is -2.24. The molecule has 0 aromatic rings. The van der Waals surface area contributed by atoms with Crippen LogP contribution in [-0.2, 0) is 32.3 Å². The van der Waals surface area contributed by atoms with Crippen LogP contribution in [0.25, 0.3) is 0 Å². The monoisotopic (exact) mass is 759 g/mol. The van der Waals surface area contributed by atoms with Crippen molar-refractivity contribution in [3.05, 3.63) is 0 Å². The van der Waals surface area contributed by atoms with Crippen LogP contribution in [0.3, 0.4) is 0 Å². The van der Waals surface area contributed by atoms with E-state index in [2.05, 4.69) is 111 Å². The zero-order valence-electron chi connectivity index (χ0n) is 35.8. The van der Waals surface area contributed by atoms with Gasteiger partial charge >= 0.3 is 5.97 Å². The number of carbonyl (C=O) groups is 1. The summed E-state index contributed by atoms with van der Waals surface area (Å²) in [6, 6.07) is 3.18. The number of hydrogen-bond acceptors (Lipinski definition) is 7. The first-order chi connectivity index (χ1) is 23.2. The van der Waals surface area contributed by atoms with Crippen LogP contribution in [0.15, 0.2) is 0 Å². The predicted molar refractivity (Wildman–Crippen MR) is 217 cm³/mol. The topological polar surface area (TPSA) is 72.5 Å². The molecule has 2 rings (SSSR count). The second-order valence-corrected chi connectivity index (χ2v) is 33.5. The molecule has 2 heterocycles. The maximum atomic E-state index is 12.5. The number of esters is 1. The summed E-state index contributed by atoms with van der Waals surface area (Å²) < 4.78 is 41.4. The van der Waals surface area contributed by atoms with Gasteiger partial charge in [-0.1, -0.05) is 104 Å². The smallest absolute Gasteiger partial charge is 0.305 e. The lowest BCUT2D eigenvalue weighted by molar-refractivity contribution is -0.278. The largest absolute Gasteiger partial charge is 0.469 e. The molecule has 0 aliphatic carbocycles. The van der Waals surface area contributed by atoms with Gasteiger partial charge in [-0.25, -0.2) is 0 Å². The van der Waals surface area contributed by atoms with Crippen molar-refractivity contribution in [2.45, 2.75) is 237 Å². The molecule has 0 radical (unpaired) electrons. The summed E-state index contributed by atoms with van der Waals surface area (Å²) in [5.41, 5.74) is 2.47. The third-order valence-corrected chi connectivity index (χ3v) is 30.2. The summed E-state index contributed by atoms with van der Waals surface area (Å²) in [7, 11) is -4.69. The Labute approximate surface area is 312 Å². The van der Waals surface area contributed by atoms with E-state index in [0.717, 1.165) is 50.4 Å². The fourth-order valence-corrected chi connectivity index (χ4v) is 24.4. The van der Waals surface area contributed by atoms with Gasteiger partial charge in [0.1, 0.15) is 6.10 Å². The molecular weight excluding hydrogens is 677 g/mol. The van der Waals surface area contributed by atoms with Crippen LogP contribution in [0, 0.1) is 0 Å². The van der Waals surface area contributed by atoms with Crippen LogP contribution in [0.2, 0.25) is 51.4 Å². The Hall–Kier alpha value is -0.0794. The number of methoxy groups -OCH3 is 1. The fraction of sp³-hybridized carbons (Fsp3) is 0.975. The zero-order valence-corrected chi connectivity index (χ0v) is 38.8. The minimum absolute atomic E-state index is 0.0714. The molecular formula is C40H82O7Si3. The molecule has 10 heteroatoms. The van der Waals surface area contributed by atoms with Crippen LogP contribution in [0.5, 0.6) is 0 Å². The van der Waals surface area contributed by atoms with Crippen molar-refractivity contribution in [3.63, 3.8) is 0 Å². The molecule has 6 atom stereocenters. The Balaban J connectivity index is 2.51.